The molecule has 0 unspecified atom stereocenters. The zero-order valence-electron chi connectivity index (χ0n) is 13.1. The van der Waals surface area contributed by atoms with Gasteiger partial charge in [-0.05, 0) is 43.3 Å². The quantitative estimate of drug-likeness (QED) is 0.727. The van der Waals surface area contributed by atoms with Crippen LogP contribution in [-0.2, 0) is 0 Å². The molecule has 0 bridgehead atoms. The average Bonchev–Trinajstić information content (AvgIpc) is 2.52. The van der Waals surface area contributed by atoms with Crippen LogP contribution in [0.1, 0.15) is 27.6 Å². The number of hydrogen-bond acceptors (Lipinski definition) is 2. The van der Waals surface area contributed by atoms with Crippen LogP contribution in [0.4, 0.5) is 0 Å². The minimum absolute atomic E-state index is 0.217. The van der Waals surface area contributed by atoms with Gasteiger partial charge in [0.1, 0.15) is 0 Å². The highest BCUT2D eigenvalue weighted by molar-refractivity contribution is 6.37. The maximum absolute atomic E-state index is 12.2. The Hall–Kier alpha value is -1.46. The third-order valence-electron chi connectivity index (χ3n) is 3.30. The predicted octanol–water partition coefficient (Wildman–Crippen LogP) is 4.85. The second kappa shape index (κ2) is 8.77. The fraction of sp³-hybridized carbons (Fsp3) is 0.176. The Morgan fingerprint density at radius 3 is 1.84 bits per heavy atom. The van der Waals surface area contributed by atoms with E-state index in [0.717, 1.165) is 0 Å². The van der Waals surface area contributed by atoms with Gasteiger partial charge in [0.15, 0.2) is 0 Å². The number of carbonyl (C=O) groups is 2. The van der Waals surface area contributed by atoms with Crippen LogP contribution in [0.5, 0.6) is 0 Å². The van der Waals surface area contributed by atoms with Gasteiger partial charge in [-0.3, -0.25) is 9.59 Å². The van der Waals surface area contributed by atoms with E-state index in [9.17, 15) is 9.59 Å². The number of hydrogen-bond donors (Lipinski definition) is 2. The summed E-state index contributed by atoms with van der Waals surface area (Å²) in [5.41, 5.74) is 0.621. The second-order valence-electron chi connectivity index (χ2n) is 5.33. The van der Waals surface area contributed by atoms with Gasteiger partial charge in [0.05, 0.1) is 21.2 Å². The molecule has 25 heavy (non-hydrogen) atoms. The lowest BCUT2D eigenvalue weighted by Gasteiger charge is -2.16. The summed E-state index contributed by atoms with van der Waals surface area (Å²) in [4.78, 5) is 24.3. The van der Waals surface area contributed by atoms with Gasteiger partial charge >= 0.3 is 0 Å². The summed E-state index contributed by atoms with van der Waals surface area (Å²) in [6.07, 6.45) is 0. The number of halogens is 4. The number of carbonyl (C=O) groups excluding carboxylic acids is 2. The molecule has 132 valence electrons. The van der Waals surface area contributed by atoms with Gasteiger partial charge in [0.2, 0.25) is 0 Å². The van der Waals surface area contributed by atoms with Gasteiger partial charge in [-0.15, -0.1) is 0 Å². The highest BCUT2D eigenvalue weighted by Crippen LogP contribution is 2.21. The molecule has 0 aromatic heterocycles. The molecule has 4 nitrogen and oxygen atoms in total. The number of nitrogens with one attached hydrogen (secondary N) is 2. The first kappa shape index (κ1) is 19.9. The van der Waals surface area contributed by atoms with Gasteiger partial charge < -0.3 is 10.6 Å². The molecule has 0 saturated carbocycles. The molecule has 0 aliphatic carbocycles. The van der Waals surface area contributed by atoms with Crippen molar-refractivity contribution in [1.82, 2.24) is 10.6 Å². The second-order valence-corrected chi connectivity index (χ2v) is 7.02. The molecule has 0 spiro atoms. The molecule has 2 aromatic carbocycles. The van der Waals surface area contributed by atoms with Crippen LogP contribution in [-0.4, -0.2) is 24.4 Å². The monoisotopic (exact) mass is 418 g/mol. The fourth-order valence-corrected chi connectivity index (χ4v) is 3.03. The normalized spacial score (nSPS) is 11.7. The molecule has 0 radical (unpaired) electrons. The molecule has 2 aromatic rings. The molecule has 0 heterocycles. The van der Waals surface area contributed by atoms with Gasteiger partial charge in [0, 0.05) is 22.6 Å². The summed E-state index contributed by atoms with van der Waals surface area (Å²) in [5.74, 6) is -0.708. The number of amides is 2. The minimum atomic E-state index is -0.354. The molecule has 0 fully saturated rings. The molecule has 0 aliphatic rings. The lowest BCUT2D eigenvalue weighted by atomic mass is 10.2. The molecule has 0 aliphatic heterocycles. The zero-order chi connectivity index (χ0) is 18.6. The first-order valence-corrected chi connectivity index (χ1v) is 8.78. The first-order valence-electron chi connectivity index (χ1n) is 7.27. The zero-order valence-corrected chi connectivity index (χ0v) is 16.1. The van der Waals surface area contributed by atoms with Crippen LogP contribution in [0.3, 0.4) is 0 Å². The van der Waals surface area contributed by atoms with E-state index in [1.807, 2.05) is 0 Å². The Bertz CT molecular complexity index is 811. The van der Waals surface area contributed by atoms with Crippen molar-refractivity contribution in [2.24, 2.45) is 0 Å². The molecule has 2 rings (SSSR count). The average molecular weight is 420 g/mol. The van der Waals surface area contributed by atoms with Gasteiger partial charge in [-0.2, -0.15) is 0 Å². The standard InChI is InChI=1S/C17H14Cl4N2O2/c1-9(23-17(25)13-5-3-11(19)7-15(13)21)8-22-16(24)12-4-2-10(18)6-14(12)20/h2-7,9H,8H2,1H3,(H,22,24)(H,23,25)/t9-/m1/s1. The molecule has 1 atom stereocenters. The van der Waals surface area contributed by atoms with E-state index >= 15 is 0 Å². The molecule has 8 heteroatoms. The highest BCUT2D eigenvalue weighted by atomic mass is 35.5. The van der Waals surface area contributed by atoms with Gasteiger partial charge in [0.25, 0.3) is 11.8 Å². The summed E-state index contributed by atoms with van der Waals surface area (Å²) in [6, 6.07) is 8.90. The van der Waals surface area contributed by atoms with Crippen molar-refractivity contribution in [3.05, 3.63) is 67.6 Å². The van der Waals surface area contributed by atoms with Crippen molar-refractivity contribution in [1.29, 1.82) is 0 Å². The summed E-state index contributed by atoms with van der Waals surface area (Å²) < 4.78 is 0. The molecule has 0 saturated heterocycles. The maximum Gasteiger partial charge on any atom is 0.253 e. The molecule has 2 N–H and O–H groups in total. The molecular formula is C17H14Cl4N2O2. The SMILES string of the molecule is C[C@H](CNC(=O)c1ccc(Cl)cc1Cl)NC(=O)c1ccc(Cl)cc1Cl. The van der Waals surface area contributed by atoms with Crippen molar-refractivity contribution in [2.45, 2.75) is 13.0 Å². The van der Waals surface area contributed by atoms with E-state index in [1.54, 1.807) is 25.1 Å². The predicted molar refractivity (Wildman–Crippen MR) is 102 cm³/mol. The maximum atomic E-state index is 12.2. The third kappa shape index (κ3) is 5.51. The van der Waals surface area contributed by atoms with Crippen molar-refractivity contribution >= 4 is 58.2 Å². The van der Waals surface area contributed by atoms with Crippen molar-refractivity contribution in [2.75, 3.05) is 6.54 Å². The Balaban J connectivity index is 1.92. The van der Waals surface area contributed by atoms with Crippen molar-refractivity contribution in [3.8, 4) is 0 Å². The van der Waals surface area contributed by atoms with E-state index < -0.39 is 0 Å². The van der Waals surface area contributed by atoms with Crippen LogP contribution >= 0.6 is 46.4 Å². The Labute approximate surface area is 165 Å². The van der Waals surface area contributed by atoms with Crippen molar-refractivity contribution < 1.29 is 9.59 Å². The van der Waals surface area contributed by atoms with Crippen LogP contribution in [0.2, 0.25) is 20.1 Å². The van der Waals surface area contributed by atoms with Gasteiger partial charge in [-0.1, -0.05) is 46.4 Å². The van der Waals surface area contributed by atoms with E-state index in [-0.39, 0.29) is 34.4 Å². The van der Waals surface area contributed by atoms with E-state index in [4.69, 9.17) is 46.4 Å². The Kier molecular flexibility index (Phi) is 6.96. The van der Waals surface area contributed by atoms with Crippen LogP contribution < -0.4 is 10.6 Å². The van der Waals surface area contributed by atoms with Crippen LogP contribution in [0.15, 0.2) is 36.4 Å². The van der Waals surface area contributed by atoms with E-state index in [2.05, 4.69) is 10.6 Å². The smallest absolute Gasteiger partial charge is 0.253 e. The number of rotatable bonds is 5. The summed E-state index contributed by atoms with van der Waals surface area (Å²) in [6.45, 7) is 1.97. The topological polar surface area (TPSA) is 58.2 Å². The summed E-state index contributed by atoms with van der Waals surface area (Å²) in [7, 11) is 0. The largest absolute Gasteiger partial charge is 0.350 e. The number of benzene rings is 2. The molecular weight excluding hydrogens is 406 g/mol. The Morgan fingerprint density at radius 2 is 1.36 bits per heavy atom. The summed E-state index contributed by atoms with van der Waals surface area (Å²) >= 11 is 23.6. The van der Waals surface area contributed by atoms with E-state index in [0.29, 0.717) is 21.2 Å². The highest BCUT2D eigenvalue weighted by Gasteiger charge is 2.15. The van der Waals surface area contributed by atoms with Gasteiger partial charge in [-0.25, -0.2) is 0 Å². The lowest BCUT2D eigenvalue weighted by molar-refractivity contribution is 0.0912. The minimum Gasteiger partial charge on any atom is -0.350 e. The third-order valence-corrected chi connectivity index (χ3v) is 4.39. The lowest BCUT2D eigenvalue weighted by Crippen LogP contribution is -2.42. The Morgan fingerprint density at radius 1 is 0.880 bits per heavy atom. The first-order chi connectivity index (χ1) is 11.8. The van der Waals surface area contributed by atoms with Crippen LogP contribution in [0.25, 0.3) is 0 Å². The molecule has 2 amide bonds. The fourth-order valence-electron chi connectivity index (χ4n) is 2.04. The van der Waals surface area contributed by atoms with Crippen LogP contribution in [0, 0.1) is 0 Å². The summed E-state index contributed by atoms with van der Waals surface area (Å²) in [5, 5.41) is 6.87. The van der Waals surface area contributed by atoms with E-state index in [1.165, 1.54) is 18.2 Å². The van der Waals surface area contributed by atoms with Crippen molar-refractivity contribution in [3.63, 3.8) is 0 Å².